The van der Waals surface area contributed by atoms with Gasteiger partial charge in [0.15, 0.2) is 0 Å². The van der Waals surface area contributed by atoms with Crippen LogP contribution < -0.4 is 0 Å². The Labute approximate surface area is 156 Å². The average Bonchev–Trinajstić information content (AvgIpc) is 2.63. The molecule has 2 aromatic rings. The van der Waals surface area contributed by atoms with E-state index in [1.165, 1.54) is 0 Å². The molecular formula is C22H29NO3. The Morgan fingerprint density at radius 2 is 1.73 bits per heavy atom. The van der Waals surface area contributed by atoms with E-state index in [1.54, 1.807) is 12.1 Å². The molecule has 1 atom stereocenters. The number of nitrogens with zero attached hydrogens (tertiary/aromatic N) is 1. The van der Waals surface area contributed by atoms with E-state index in [-0.39, 0.29) is 11.7 Å². The highest BCUT2D eigenvalue weighted by Gasteiger charge is 2.41. The molecule has 0 fully saturated rings. The van der Waals surface area contributed by atoms with Crippen molar-refractivity contribution in [3.63, 3.8) is 0 Å². The van der Waals surface area contributed by atoms with Gasteiger partial charge in [0.1, 0.15) is 5.75 Å². The highest BCUT2D eigenvalue weighted by Crippen LogP contribution is 2.37. The van der Waals surface area contributed by atoms with E-state index >= 15 is 0 Å². The third-order valence-corrected chi connectivity index (χ3v) is 4.69. The Kier molecular flexibility index (Phi) is 7.22. The van der Waals surface area contributed by atoms with Crippen LogP contribution in [0.2, 0.25) is 0 Å². The molecule has 26 heavy (non-hydrogen) atoms. The van der Waals surface area contributed by atoms with E-state index in [0.29, 0.717) is 19.4 Å². The number of aromatic hydroxyl groups is 1. The summed E-state index contributed by atoms with van der Waals surface area (Å²) < 4.78 is 5.50. The van der Waals surface area contributed by atoms with Crippen LogP contribution >= 0.6 is 0 Å². The fraction of sp³-hybridized carbons (Fsp3) is 0.409. The molecule has 2 rings (SSSR count). The smallest absolute Gasteiger partial charge is 0.316 e. The number of rotatable bonds is 9. The molecule has 0 aliphatic carbocycles. The van der Waals surface area contributed by atoms with Crippen LogP contribution in [0.1, 0.15) is 30.9 Å². The van der Waals surface area contributed by atoms with Crippen molar-refractivity contribution in [2.75, 3.05) is 27.2 Å². The summed E-state index contributed by atoms with van der Waals surface area (Å²) in [6.07, 6.45) is 1.92. The van der Waals surface area contributed by atoms with Crippen molar-refractivity contribution < 1.29 is 14.6 Å². The van der Waals surface area contributed by atoms with E-state index in [4.69, 9.17) is 4.74 Å². The lowest BCUT2D eigenvalue weighted by Crippen LogP contribution is -2.40. The van der Waals surface area contributed by atoms with Crippen LogP contribution in [0.5, 0.6) is 5.75 Å². The van der Waals surface area contributed by atoms with Gasteiger partial charge >= 0.3 is 5.97 Å². The first kappa shape index (κ1) is 20.0. The van der Waals surface area contributed by atoms with Gasteiger partial charge in [-0.3, -0.25) is 4.79 Å². The van der Waals surface area contributed by atoms with Crippen LogP contribution in [-0.2, 0) is 21.4 Å². The number of phenols is 1. The number of carbonyl (C=O) groups excluding carboxylic acids is 1. The van der Waals surface area contributed by atoms with Crippen LogP contribution in [0, 0.1) is 0 Å². The number of para-hydroxylation sites is 1. The molecular weight excluding hydrogens is 326 g/mol. The number of hydrogen-bond acceptors (Lipinski definition) is 4. The number of carbonyl (C=O) groups is 1. The van der Waals surface area contributed by atoms with Crippen molar-refractivity contribution in [3.05, 3.63) is 65.7 Å². The largest absolute Gasteiger partial charge is 0.508 e. The molecule has 0 saturated heterocycles. The summed E-state index contributed by atoms with van der Waals surface area (Å²) in [5.74, 6) is -0.0158. The Bertz CT molecular complexity index is 700. The highest BCUT2D eigenvalue weighted by atomic mass is 16.5. The monoisotopic (exact) mass is 355 g/mol. The Morgan fingerprint density at radius 3 is 2.35 bits per heavy atom. The topological polar surface area (TPSA) is 49.8 Å². The molecule has 0 bridgehead atoms. The number of hydrogen-bond donors (Lipinski definition) is 1. The number of esters is 1. The molecule has 4 nitrogen and oxygen atoms in total. The van der Waals surface area contributed by atoms with Crippen molar-refractivity contribution in [1.82, 2.24) is 4.90 Å². The van der Waals surface area contributed by atoms with Crippen LogP contribution in [0.3, 0.4) is 0 Å². The van der Waals surface area contributed by atoms with E-state index in [9.17, 15) is 9.90 Å². The summed E-state index contributed by atoms with van der Waals surface area (Å²) in [6, 6.07) is 17.0. The highest BCUT2D eigenvalue weighted by molar-refractivity contribution is 5.84. The lowest BCUT2D eigenvalue weighted by atomic mass is 9.72. The summed E-state index contributed by atoms with van der Waals surface area (Å²) in [5.41, 5.74) is 0.876. The lowest BCUT2D eigenvalue weighted by Gasteiger charge is -2.33. The van der Waals surface area contributed by atoms with E-state index in [2.05, 4.69) is 4.90 Å². The second kappa shape index (κ2) is 9.39. The summed E-state index contributed by atoms with van der Waals surface area (Å²) >= 11 is 0. The first-order valence-corrected chi connectivity index (χ1v) is 9.14. The molecule has 0 radical (unpaired) electrons. The maximum absolute atomic E-state index is 13.1. The minimum absolute atomic E-state index is 0.213. The minimum Gasteiger partial charge on any atom is -0.508 e. The number of phenolic OH excluding ortho intramolecular Hbond substituents is 1. The van der Waals surface area contributed by atoms with Crippen molar-refractivity contribution in [3.8, 4) is 5.75 Å². The zero-order valence-electron chi connectivity index (χ0n) is 15.9. The third kappa shape index (κ3) is 4.85. The molecule has 4 heteroatoms. The standard InChI is InChI=1S/C22H29NO3/c1-4-26-21(25)22(15-10-16-23(2)3,19-12-6-5-7-13-19)17-18-11-8-9-14-20(18)24/h5-9,11-14,24H,4,10,15-17H2,1-3H3. The van der Waals surface area contributed by atoms with Crippen molar-refractivity contribution in [1.29, 1.82) is 0 Å². The fourth-order valence-corrected chi connectivity index (χ4v) is 3.34. The van der Waals surface area contributed by atoms with Gasteiger partial charge in [-0.1, -0.05) is 48.5 Å². The normalized spacial score (nSPS) is 13.4. The van der Waals surface area contributed by atoms with Gasteiger partial charge in [-0.25, -0.2) is 0 Å². The van der Waals surface area contributed by atoms with Crippen molar-refractivity contribution in [2.24, 2.45) is 0 Å². The molecule has 0 aliphatic rings. The molecule has 0 aromatic heterocycles. The average molecular weight is 355 g/mol. The quantitative estimate of drug-likeness (QED) is 0.696. The van der Waals surface area contributed by atoms with Gasteiger partial charge in [-0.15, -0.1) is 0 Å². The Morgan fingerprint density at radius 1 is 1.08 bits per heavy atom. The maximum Gasteiger partial charge on any atom is 0.316 e. The molecule has 0 aliphatic heterocycles. The lowest BCUT2D eigenvalue weighted by molar-refractivity contribution is -0.150. The van der Waals surface area contributed by atoms with Gasteiger partial charge in [0, 0.05) is 0 Å². The van der Waals surface area contributed by atoms with Crippen molar-refractivity contribution >= 4 is 5.97 Å². The first-order chi connectivity index (χ1) is 12.5. The zero-order chi connectivity index (χ0) is 19.0. The van der Waals surface area contributed by atoms with Gasteiger partial charge in [0.05, 0.1) is 12.0 Å². The summed E-state index contributed by atoms with van der Waals surface area (Å²) in [5, 5.41) is 10.3. The minimum atomic E-state index is -0.813. The third-order valence-electron chi connectivity index (χ3n) is 4.69. The fourth-order valence-electron chi connectivity index (χ4n) is 3.34. The molecule has 0 heterocycles. The summed E-state index contributed by atoms with van der Waals surface area (Å²) in [6.45, 7) is 3.05. The van der Waals surface area contributed by atoms with Crippen molar-refractivity contribution in [2.45, 2.75) is 31.6 Å². The molecule has 0 spiro atoms. The maximum atomic E-state index is 13.1. The molecule has 140 valence electrons. The van der Waals surface area contributed by atoms with Gasteiger partial charge < -0.3 is 14.7 Å². The van der Waals surface area contributed by atoms with E-state index < -0.39 is 5.41 Å². The predicted molar refractivity (Wildman–Crippen MR) is 104 cm³/mol. The van der Waals surface area contributed by atoms with Crippen LogP contribution in [0.4, 0.5) is 0 Å². The zero-order valence-corrected chi connectivity index (χ0v) is 15.9. The summed E-state index contributed by atoms with van der Waals surface area (Å²) in [7, 11) is 4.05. The molecule has 2 aromatic carbocycles. The molecule has 0 saturated carbocycles. The van der Waals surface area contributed by atoms with Crippen LogP contribution in [0.15, 0.2) is 54.6 Å². The van der Waals surface area contributed by atoms with Gasteiger partial charge in [-0.05, 0) is 64.0 Å². The van der Waals surface area contributed by atoms with Crippen LogP contribution in [-0.4, -0.2) is 43.2 Å². The molecule has 1 N–H and O–H groups in total. The van der Waals surface area contributed by atoms with Gasteiger partial charge in [-0.2, -0.15) is 0 Å². The van der Waals surface area contributed by atoms with E-state index in [1.807, 2.05) is 63.5 Å². The Hall–Kier alpha value is -2.33. The second-order valence-corrected chi connectivity index (χ2v) is 6.88. The van der Waals surface area contributed by atoms with Crippen LogP contribution in [0.25, 0.3) is 0 Å². The Balaban J connectivity index is 2.47. The predicted octanol–water partition coefficient (Wildman–Crippen LogP) is 3.78. The second-order valence-electron chi connectivity index (χ2n) is 6.88. The molecule has 1 unspecified atom stereocenters. The number of ether oxygens (including phenoxy) is 1. The molecule has 0 amide bonds. The van der Waals surface area contributed by atoms with Gasteiger partial charge in [0.25, 0.3) is 0 Å². The summed E-state index contributed by atoms with van der Waals surface area (Å²) in [4.78, 5) is 15.3. The van der Waals surface area contributed by atoms with E-state index in [0.717, 1.165) is 24.1 Å². The number of benzene rings is 2. The van der Waals surface area contributed by atoms with Gasteiger partial charge in [0.2, 0.25) is 0 Å². The SMILES string of the molecule is CCOC(=O)C(CCCN(C)C)(Cc1ccccc1O)c1ccccc1. The first-order valence-electron chi connectivity index (χ1n) is 9.14.